The molecule has 11 nitrogen and oxygen atoms in total. The van der Waals surface area contributed by atoms with Crippen molar-refractivity contribution < 1.29 is 21.6 Å². The summed E-state index contributed by atoms with van der Waals surface area (Å²) in [6.07, 6.45) is 3.26. The smallest absolute Gasteiger partial charge is 0.254 e. The van der Waals surface area contributed by atoms with Crippen LogP contribution in [0.4, 0.5) is 5.69 Å². The lowest BCUT2D eigenvalue weighted by Gasteiger charge is -2.39. The first-order valence-electron chi connectivity index (χ1n) is 9.89. The van der Waals surface area contributed by atoms with Gasteiger partial charge in [0.1, 0.15) is 10.4 Å². The standard InChI is InChI=1S/C18H24N6O5S2/c1-2-30(26,27)21-14-6-4-13(5-7-14)17(25)23-10-15(11-23)24-12-16(20-22-24)18(8-3-9-18)31(19,28)29/h4-7,12,15,21H,2-3,8-11H2,1H3,(H2,19,28,29). The second kappa shape index (κ2) is 7.57. The molecular weight excluding hydrogens is 444 g/mol. The Morgan fingerprint density at radius 1 is 1.19 bits per heavy atom. The van der Waals surface area contributed by atoms with Crippen molar-refractivity contribution in [2.24, 2.45) is 5.14 Å². The van der Waals surface area contributed by atoms with E-state index in [1.807, 2.05) is 0 Å². The van der Waals surface area contributed by atoms with Crippen molar-refractivity contribution in [3.05, 3.63) is 41.7 Å². The van der Waals surface area contributed by atoms with Gasteiger partial charge in [0.05, 0.1) is 18.0 Å². The van der Waals surface area contributed by atoms with Crippen LogP contribution in [0, 0.1) is 0 Å². The van der Waals surface area contributed by atoms with Crippen LogP contribution >= 0.6 is 0 Å². The van der Waals surface area contributed by atoms with E-state index in [1.54, 1.807) is 47.0 Å². The fraction of sp³-hybridized carbons (Fsp3) is 0.500. The summed E-state index contributed by atoms with van der Waals surface area (Å²) in [5.41, 5.74) is 1.20. The second-order valence-electron chi connectivity index (χ2n) is 7.92. The number of likely N-dealkylation sites (tertiary alicyclic amines) is 1. The molecule has 1 aliphatic carbocycles. The number of sulfonamides is 2. The number of primary sulfonamides is 1. The van der Waals surface area contributed by atoms with Crippen LogP contribution in [0.25, 0.3) is 0 Å². The highest BCUT2D eigenvalue weighted by molar-refractivity contribution is 7.92. The maximum absolute atomic E-state index is 12.7. The number of nitrogens with two attached hydrogens (primary N) is 1. The molecule has 3 N–H and O–H groups in total. The molecule has 0 radical (unpaired) electrons. The predicted octanol–water partition coefficient (Wildman–Crippen LogP) is 0.405. The van der Waals surface area contributed by atoms with Crippen LogP contribution in [0.2, 0.25) is 0 Å². The Morgan fingerprint density at radius 2 is 1.84 bits per heavy atom. The van der Waals surface area contributed by atoms with E-state index in [2.05, 4.69) is 15.0 Å². The van der Waals surface area contributed by atoms with Crippen LogP contribution in [0.3, 0.4) is 0 Å². The molecule has 1 saturated heterocycles. The van der Waals surface area contributed by atoms with E-state index in [-0.39, 0.29) is 17.7 Å². The Kier molecular flexibility index (Phi) is 5.30. The molecule has 2 aromatic rings. The number of carbonyl (C=O) groups excluding carboxylic acids is 1. The summed E-state index contributed by atoms with van der Waals surface area (Å²) in [5.74, 6) is -0.216. The summed E-state index contributed by atoms with van der Waals surface area (Å²) in [7, 11) is -7.16. The van der Waals surface area contributed by atoms with E-state index < -0.39 is 24.8 Å². The predicted molar refractivity (Wildman–Crippen MR) is 113 cm³/mol. The molecule has 168 valence electrons. The monoisotopic (exact) mass is 468 g/mol. The zero-order valence-corrected chi connectivity index (χ0v) is 18.6. The van der Waals surface area contributed by atoms with Crippen LogP contribution in [0.1, 0.15) is 48.3 Å². The highest BCUT2D eigenvalue weighted by Crippen LogP contribution is 2.46. The highest BCUT2D eigenvalue weighted by atomic mass is 32.2. The van der Waals surface area contributed by atoms with Gasteiger partial charge < -0.3 is 4.90 Å². The van der Waals surface area contributed by atoms with Gasteiger partial charge >= 0.3 is 0 Å². The Hall–Kier alpha value is -2.51. The summed E-state index contributed by atoms with van der Waals surface area (Å²) in [5, 5.41) is 13.5. The molecule has 1 aromatic carbocycles. The molecule has 2 heterocycles. The van der Waals surface area contributed by atoms with Crippen LogP contribution in [0.15, 0.2) is 30.5 Å². The van der Waals surface area contributed by atoms with E-state index in [4.69, 9.17) is 5.14 Å². The van der Waals surface area contributed by atoms with E-state index in [0.29, 0.717) is 42.9 Å². The second-order valence-corrected chi connectivity index (χ2v) is 11.8. The number of hydrogen-bond donors (Lipinski definition) is 2. The molecule has 1 amide bonds. The van der Waals surface area contributed by atoms with E-state index in [0.717, 1.165) is 6.42 Å². The topological polar surface area (TPSA) is 157 Å². The molecule has 0 atom stereocenters. The molecule has 2 aliphatic rings. The first-order chi connectivity index (χ1) is 14.5. The molecule has 0 unspecified atom stereocenters. The van der Waals surface area contributed by atoms with Gasteiger partial charge in [0.2, 0.25) is 20.0 Å². The Morgan fingerprint density at radius 3 is 2.35 bits per heavy atom. The van der Waals surface area contributed by atoms with Crippen LogP contribution in [-0.2, 0) is 24.8 Å². The average Bonchev–Trinajstić information content (AvgIpc) is 3.08. The minimum atomic E-state index is -3.78. The van der Waals surface area contributed by atoms with Gasteiger partial charge in [0, 0.05) is 24.3 Å². The third-order valence-corrected chi connectivity index (χ3v) is 9.01. The number of anilines is 1. The lowest BCUT2D eigenvalue weighted by atomic mass is 9.82. The first kappa shape index (κ1) is 21.7. The van der Waals surface area contributed by atoms with Crippen molar-refractivity contribution in [2.75, 3.05) is 23.6 Å². The number of nitrogens with zero attached hydrogens (tertiary/aromatic N) is 4. The van der Waals surface area contributed by atoms with Gasteiger partial charge in [-0.05, 0) is 50.5 Å². The van der Waals surface area contributed by atoms with Crippen LogP contribution in [0.5, 0.6) is 0 Å². The molecule has 0 bridgehead atoms. The van der Waals surface area contributed by atoms with Crippen molar-refractivity contribution in [1.82, 2.24) is 19.9 Å². The zero-order chi connectivity index (χ0) is 22.4. The maximum Gasteiger partial charge on any atom is 0.254 e. The summed E-state index contributed by atoms with van der Waals surface area (Å²) >= 11 is 0. The summed E-state index contributed by atoms with van der Waals surface area (Å²) in [6, 6.07) is 6.14. The summed E-state index contributed by atoms with van der Waals surface area (Å²) in [6.45, 7) is 2.36. The molecule has 0 spiro atoms. The minimum Gasteiger partial charge on any atom is -0.334 e. The number of aromatic nitrogens is 3. The highest BCUT2D eigenvalue weighted by Gasteiger charge is 2.51. The Labute approximate surface area is 180 Å². The van der Waals surface area contributed by atoms with Crippen molar-refractivity contribution in [3.8, 4) is 0 Å². The fourth-order valence-corrected chi connectivity index (χ4v) is 5.63. The van der Waals surface area contributed by atoms with Crippen molar-refractivity contribution in [2.45, 2.75) is 37.0 Å². The summed E-state index contributed by atoms with van der Waals surface area (Å²) in [4.78, 5) is 14.3. The molecule has 1 aliphatic heterocycles. The third-order valence-electron chi connectivity index (χ3n) is 5.99. The van der Waals surface area contributed by atoms with Gasteiger partial charge in [-0.1, -0.05) is 5.21 Å². The van der Waals surface area contributed by atoms with Crippen molar-refractivity contribution in [3.63, 3.8) is 0 Å². The van der Waals surface area contributed by atoms with Gasteiger partial charge in [-0.3, -0.25) is 9.52 Å². The van der Waals surface area contributed by atoms with E-state index in [1.165, 1.54) is 0 Å². The number of hydrogen-bond acceptors (Lipinski definition) is 7. The van der Waals surface area contributed by atoms with Gasteiger partial charge in [-0.15, -0.1) is 5.10 Å². The molecule has 2 fully saturated rings. The number of rotatable bonds is 7. The van der Waals surface area contributed by atoms with Gasteiger partial charge in [-0.2, -0.15) is 0 Å². The molecule has 4 rings (SSSR count). The number of amides is 1. The molecular formula is C18H24N6O5S2. The van der Waals surface area contributed by atoms with Gasteiger partial charge in [-0.25, -0.2) is 26.7 Å². The first-order valence-corrected chi connectivity index (χ1v) is 13.1. The van der Waals surface area contributed by atoms with Gasteiger partial charge in [0.15, 0.2) is 0 Å². The molecule has 1 aromatic heterocycles. The SMILES string of the molecule is CCS(=O)(=O)Nc1ccc(C(=O)N2CC(n3cc(C4(S(N)(=O)=O)CCC4)nn3)C2)cc1. The third kappa shape index (κ3) is 3.92. The van der Waals surface area contributed by atoms with Crippen molar-refractivity contribution >= 4 is 31.6 Å². The van der Waals surface area contributed by atoms with Gasteiger partial charge in [0.25, 0.3) is 5.91 Å². The van der Waals surface area contributed by atoms with Crippen LogP contribution in [-0.4, -0.2) is 61.5 Å². The van der Waals surface area contributed by atoms with Crippen molar-refractivity contribution in [1.29, 1.82) is 0 Å². The zero-order valence-electron chi connectivity index (χ0n) is 16.9. The maximum atomic E-state index is 12.7. The largest absolute Gasteiger partial charge is 0.334 e. The quantitative estimate of drug-likeness (QED) is 0.595. The Balaban J connectivity index is 1.38. The minimum absolute atomic E-state index is 0.0365. The fourth-order valence-electron chi connectivity index (χ4n) is 3.75. The van der Waals surface area contributed by atoms with E-state index >= 15 is 0 Å². The molecule has 1 saturated carbocycles. The summed E-state index contributed by atoms with van der Waals surface area (Å²) < 4.78 is 50.2. The normalized spacial score (nSPS) is 18.8. The number of carbonyl (C=O) groups is 1. The number of nitrogens with one attached hydrogen (secondary N) is 1. The lowest BCUT2D eigenvalue weighted by Crippen LogP contribution is -2.51. The molecule has 31 heavy (non-hydrogen) atoms. The lowest BCUT2D eigenvalue weighted by molar-refractivity contribution is 0.0498. The number of benzene rings is 1. The van der Waals surface area contributed by atoms with E-state index in [9.17, 15) is 21.6 Å². The molecule has 13 heteroatoms. The average molecular weight is 469 g/mol. The van der Waals surface area contributed by atoms with Crippen LogP contribution < -0.4 is 9.86 Å². The Bertz CT molecular complexity index is 1200.